The zero-order chi connectivity index (χ0) is 14.7. The number of nitrogens with two attached hydrogens (primary N) is 1. The number of nitrogens with zero attached hydrogens (tertiary/aromatic N) is 2. The van der Waals surface area contributed by atoms with Crippen LogP contribution in [0.2, 0.25) is 0 Å². The second kappa shape index (κ2) is 5.64. The van der Waals surface area contributed by atoms with Crippen molar-refractivity contribution in [1.29, 1.82) is 0 Å². The van der Waals surface area contributed by atoms with Crippen molar-refractivity contribution in [2.45, 2.75) is 13.3 Å². The molecular weight excluding hydrogens is 256 g/mol. The average molecular weight is 274 g/mol. The van der Waals surface area contributed by atoms with Gasteiger partial charge in [0.1, 0.15) is 5.75 Å². The molecule has 0 radical (unpaired) electrons. The minimum Gasteiger partial charge on any atom is -0.497 e. The van der Waals surface area contributed by atoms with E-state index in [1.165, 1.54) is 4.90 Å². The highest BCUT2D eigenvalue weighted by molar-refractivity contribution is 6.07. The molecule has 0 spiro atoms. The van der Waals surface area contributed by atoms with Crippen LogP contribution in [0.15, 0.2) is 24.3 Å². The molecule has 1 heterocycles. The zero-order valence-corrected chi connectivity index (χ0v) is 11.8. The topological polar surface area (TPSA) is 84.2 Å². The summed E-state index contributed by atoms with van der Waals surface area (Å²) >= 11 is 0. The second-order valence-corrected chi connectivity index (χ2v) is 4.38. The van der Waals surface area contributed by atoms with Crippen LogP contribution in [0, 0.1) is 0 Å². The molecule has 6 nitrogen and oxygen atoms in total. The van der Waals surface area contributed by atoms with Crippen LogP contribution in [-0.4, -0.2) is 30.3 Å². The number of methoxy groups -OCH3 is 1. The van der Waals surface area contributed by atoms with Crippen LogP contribution in [0.3, 0.4) is 0 Å². The third-order valence-corrected chi connectivity index (χ3v) is 3.18. The molecular formula is C14H18N4O2. The third-order valence-electron chi connectivity index (χ3n) is 3.18. The van der Waals surface area contributed by atoms with Gasteiger partial charge in [0.25, 0.3) is 5.91 Å². The lowest BCUT2D eigenvalue weighted by Crippen LogP contribution is -2.27. The van der Waals surface area contributed by atoms with Gasteiger partial charge in [0, 0.05) is 18.8 Å². The molecule has 0 saturated carbocycles. The standard InChI is InChI=1S/C14H18N4O2/c1-4-11-12(15)13(17-16-11)14(19)18(2)9-6-5-7-10(8-9)20-3/h5-8H,4,15H2,1-3H3,(H,16,17). The van der Waals surface area contributed by atoms with E-state index in [4.69, 9.17) is 10.5 Å². The first kappa shape index (κ1) is 13.9. The maximum atomic E-state index is 12.4. The molecule has 1 aromatic heterocycles. The number of nitrogens with one attached hydrogen (secondary N) is 1. The zero-order valence-electron chi connectivity index (χ0n) is 11.8. The Morgan fingerprint density at radius 1 is 1.50 bits per heavy atom. The van der Waals surface area contributed by atoms with E-state index in [-0.39, 0.29) is 11.6 Å². The van der Waals surface area contributed by atoms with E-state index in [1.807, 2.05) is 25.1 Å². The van der Waals surface area contributed by atoms with Crippen LogP contribution in [0.1, 0.15) is 23.1 Å². The molecule has 0 aliphatic carbocycles. The number of carbonyl (C=O) groups is 1. The number of H-pyrrole nitrogens is 1. The van der Waals surface area contributed by atoms with E-state index in [1.54, 1.807) is 20.2 Å². The number of benzene rings is 1. The Bertz CT molecular complexity index is 621. The van der Waals surface area contributed by atoms with Crippen molar-refractivity contribution in [1.82, 2.24) is 10.2 Å². The molecule has 0 saturated heterocycles. The van der Waals surface area contributed by atoms with E-state index in [0.29, 0.717) is 17.9 Å². The van der Waals surface area contributed by atoms with Crippen molar-refractivity contribution in [2.24, 2.45) is 0 Å². The predicted molar refractivity (Wildman–Crippen MR) is 78.1 cm³/mol. The quantitative estimate of drug-likeness (QED) is 0.891. The third kappa shape index (κ3) is 2.45. The van der Waals surface area contributed by atoms with Crippen molar-refractivity contribution >= 4 is 17.3 Å². The number of aromatic amines is 1. The fraction of sp³-hybridized carbons (Fsp3) is 0.286. The van der Waals surface area contributed by atoms with Crippen molar-refractivity contribution < 1.29 is 9.53 Å². The van der Waals surface area contributed by atoms with Gasteiger partial charge in [0.2, 0.25) is 0 Å². The lowest BCUT2D eigenvalue weighted by atomic mass is 10.2. The van der Waals surface area contributed by atoms with Crippen LogP contribution in [-0.2, 0) is 6.42 Å². The molecule has 1 amide bonds. The van der Waals surface area contributed by atoms with Gasteiger partial charge in [-0.05, 0) is 18.6 Å². The number of amides is 1. The smallest absolute Gasteiger partial charge is 0.280 e. The van der Waals surface area contributed by atoms with Gasteiger partial charge >= 0.3 is 0 Å². The molecule has 0 bridgehead atoms. The second-order valence-electron chi connectivity index (χ2n) is 4.38. The van der Waals surface area contributed by atoms with Crippen LogP contribution in [0.4, 0.5) is 11.4 Å². The molecule has 2 aromatic rings. The normalized spacial score (nSPS) is 10.3. The largest absolute Gasteiger partial charge is 0.497 e. The molecule has 3 N–H and O–H groups in total. The number of aromatic nitrogens is 2. The summed E-state index contributed by atoms with van der Waals surface area (Å²) in [4.78, 5) is 13.9. The molecule has 106 valence electrons. The first-order chi connectivity index (χ1) is 9.58. The molecule has 0 atom stereocenters. The van der Waals surface area contributed by atoms with Gasteiger partial charge in [-0.15, -0.1) is 0 Å². The Morgan fingerprint density at radius 2 is 2.25 bits per heavy atom. The fourth-order valence-electron chi connectivity index (χ4n) is 1.91. The molecule has 6 heteroatoms. The van der Waals surface area contributed by atoms with Crippen LogP contribution in [0.25, 0.3) is 0 Å². The van der Waals surface area contributed by atoms with Gasteiger partial charge in [-0.1, -0.05) is 13.0 Å². The summed E-state index contributed by atoms with van der Waals surface area (Å²) in [5.74, 6) is 0.429. The molecule has 1 aromatic carbocycles. The minimum absolute atomic E-state index is 0.243. The first-order valence-corrected chi connectivity index (χ1v) is 6.33. The number of anilines is 2. The van der Waals surface area contributed by atoms with E-state index < -0.39 is 0 Å². The number of rotatable bonds is 4. The van der Waals surface area contributed by atoms with E-state index in [2.05, 4.69) is 10.2 Å². The number of carbonyl (C=O) groups excluding carboxylic acids is 1. The molecule has 0 aliphatic rings. The summed E-state index contributed by atoms with van der Waals surface area (Å²) in [5.41, 5.74) is 8.06. The minimum atomic E-state index is -0.258. The molecule has 0 fully saturated rings. The summed E-state index contributed by atoms with van der Waals surface area (Å²) in [7, 11) is 3.26. The van der Waals surface area contributed by atoms with E-state index in [9.17, 15) is 4.79 Å². The monoisotopic (exact) mass is 274 g/mol. The number of ether oxygens (including phenoxy) is 1. The Hall–Kier alpha value is -2.50. The van der Waals surface area contributed by atoms with Gasteiger partial charge in [0.15, 0.2) is 5.69 Å². The van der Waals surface area contributed by atoms with Gasteiger partial charge in [-0.3, -0.25) is 9.89 Å². The summed E-state index contributed by atoms with van der Waals surface area (Å²) in [6, 6.07) is 7.24. The lowest BCUT2D eigenvalue weighted by Gasteiger charge is -2.17. The maximum Gasteiger partial charge on any atom is 0.280 e. The Balaban J connectivity index is 2.29. The summed E-state index contributed by atoms with van der Waals surface area (Å²) in [5, 5.41) is 6.79. The summed E-state index contributed by atoms with van der Waals surface area (Å²) < 4.78 is 5.15. The summed E-state index contributed by atoms with van der Waals surface area (Å²) in [6.45, 7) is 1.95. The average Bonchev–Trinajstić information content (AvgIpc) is 2.86. The fourth-order valence-corrected chi connectivity index (χ4v) is 1.91. The molecule has 0 unspecified atom stereocenters. The van der Waals surface area contributed by atoms with Crippen molar-refractivity contribution in [3.05, 3.63) is 35.7 Å². The molecule has 0 aliphatic heterocycles. The Kier molecular flexibility index (Phi) is 3.93. The Labute approximate surface area is 117 Å². The highest BCUT2D eigenvalue weighted by Crippen LogP contribution is 2.23. The predicted octanol–water partition coefficient (Wildman–Crippen LogP) is 1.84. The number of aryl methyl sites for hydroxylation is 1. The first-order valence-electron chi connectivity index (χ1n) is 6.33. The van der Waals surface area contributed by atoms with Gasteiger partial charge in [-0.25, -0.2) is 0 Å². The van der Waals surface area contributed by atoms with Crippen LogP contribution >= 0.6 is 0 Å². The van der Waals surface area contributed by atoms with Crippen LogP contribution < -0.4 is 15.4 Å². The number of nitrogen functional groups attached to an aromatic ring is 1. The number of hydrogen-bond acceptors (Lipinski definition) is 4. The van der Waals surface area contributed by atoms with Crippen molar-refractivity contribution in [2.75, 3.05) is 24.8 Å². The van der Waals surface area contributed by atoms with Gasteiger partial charge in [-0.2, -0.15) is 5.10 Å². The SMILES string of the molecule is CCc1[nH]nc(C(=O)N(C)c2cccc(OC)c2)c1N. The van der Waals surface area contributed by atoms with E-state index in [0.717, 1.165) is 11.4 Å². The highest BCUT2D eigenvalue weighted by atomic mass is 16.5. The Morgan fingerprint density at radius 3 is 2.85 bits per heavy atom. The van der Waals surface area contributed by atoms with Crippen molar-refractivity contribution in [3.8, 4) is 5.75 Å². The highest BCUT2D eigenvalue weighted by Gasteiger charge is 2.21. The van der Waals surface area contributed by atoms with Gasteiger partial charge in [0.05, 0.1) is 18.5 Å². The molecule has 20 heavy (non-hydrogen) atoms. The summed E-state index contributed by atoms with van der Waals surface area (Å²) in [6.07, 6.45) is 0.703. The van der Waals surface area contributed by atoms with Crippen molar-refractivity contribution in [3.63, 3.8) is 0 Å². The molecule has 2 rings (SSSR count). The van der Waals surface area contributed by atoms with Gasteiger partial charge < -0.3 is 15.4 Å². The van der Waals surface area contributed by atoms with Crippen LogP contribution in [0.5, 0.6) is 5.75 Å². The van der Waals surface area contributed by atoms with E-state index >= 15 is 0 Å². The number of hydrogen-bond donors (Lipinski definition) is 2. The lowest BCUT2D eigenvalue weighted by molar-refractivity contribution is 0.0989. The maximum absolute atomic E-state index is 12.4.